The van der Waals surface area contributed by atoms with E-state index in [1.54, 1.807) is 13.1 Å². The first kappa shape index (κ1) is 12.2. The van der Waals surface area contributed by atoms with E-state index < -0.39 is 17.4 Å². The minimum Gasteiger partial charge on any atom is -0.479 e. The Morgan fingerprint density at radius 2 is 1.94 bits per heavy atom. The van der Waals surface area contributed by atoms with Gasteiger partial charge in [0.25, 0.3) is 0 Å². The molecule has 4 nitrogen and oxygen atoms in total. The van der Waals surface area contributed by atoms with Crippen LogP contribution in [-0.4, -0.2) is 17.0 Å². The standard InChI is InChI=1S/C12H11F2N3O/c1-15-10-5-6-16-11(17-10)7-18-12-8(13)3-2-4-9(12)14/h2-6H,7H2,1H3,(H,15,16,17). The first-order valence-electron chi connectivity index (χ1n) is 5.27. The molecule has 1 aromatic heterocycles. The van der Waals surface area contributed by atoms with Crippen molar-refractivity contribution in [1.29, 1.82) is 0 Å². The summed E-state index contributed by atoms with van der Waals surface area (Å²) in [5, 5.41) is 2.83. The van der Waals surface area contributed by atoms with Crippen molar-refractivity contribution < 1.29 is 13.5 Å². The number of nitrogens with one attached hydrogen (secondary N) is 1. The lowest BCUT2D eigenvalue weighted by molar-refractivity contribution is 0.266. The molecule has 6 heteroatoms. The van der Waals surface area contributed by atoms with E-state index >= 15 is 0 Å². The first-order valence-corrected chi connectivity index (χ1v) is 5.27. The molecule has 1 N–H and O–H groups in total. The van der Waals surface area contributed by atoms with Gasteiger partial charge in [-0.15, -0.1) is 0 Å². The molecule has 0 bridgehead atoms. The van der Waals surface area contributed by atoms with Crippen LogP contribution in [0.2, 0.25) is 0 Å². The predicted molar refractivity (Wildman–Crippen MR) is 62.3 cm³/mol. The van der Waals surface area contributed by atoms with Gasteiger partial charge >= 0.3 is 0 Å². The highest BCUT2D eigenvalue weighted by Gasteiger charge is 2.10. The third kappa shape index (κ3) is 2.71. The van der Waals surface area contributed by atoms with Gasteiger partial charge in [0.15, 0.2) is 23.2 Å². The fourth-order valence-electron chi connectivity index (χ4n) is 1.36. The Hall–Kier alpha value is -2.24. The second-order valence-electron chi connectivity index (χ2n) is 3.45. The number of ether oxygens (including phenoxy) is 1. The summed E-state index contributed by atoms with van der Waals surface area (Å²) in [4.78, 5) is 8.01. The zero-order chi connectivity index (χ0) is 13.0. The second-order valence-corrected chi connectivity index (χ2v) is 3.45. The Labute approximate surface area is 103 Å². The first-order chi connectivity index (χ1) is 8.70. The van der Waals surface area contributed by atoms with Crippen LogP contribution >= 0.6 is 0 Å². The number of halogens is 2. The van der Waals surface area contributed by atoms with Crippen LogP contribution in [0.5, 0.6) is 5.75 Å². The average molecular weight is 251 g/mol. The lowest BCUT2D eigenvalue weighted by Crippen LogP contribution is -2.05. The monoisotopic (exact) mass is 251 g/mol. The fourth-order valence-corrected chi connectivity index (χ4v) is 1.36. The fraction of sp³-hybridized carbons (Fsp3) is 0.167. The smallest absolute Gasteiger partial charge is 0.191 e. The van der Waals surface area contributed by atoms with Crippen molar-refractivity contribution in [1.82, 2.24) is 9.97 Å². The lowest BCUT2D eigenvalue weighted by Gasteiger charge is -2.07. The van der Waals surface area contributed by atoms with Gasteiger partial charge < -0.3 is 10.1 Å². The molecular weight excluding hydrogens is 240 g/mol. The summed E-state index contributed by atoms with van der Waals surface area (Å²) in [6.07, 6.45) is 1.54. The Bertz CT molecular complexity index is 528. The molecule has 0 fully saturated rings. The number of anilines is 1. The van der Waals surface area contributed by atoms with Crippen LogP contribution in [0.4, 0.5) is 14.6 Å². The SMILES string of the molecule is CNc1ccnc(COc2c(F)cccc2F)n1. The van der Waals surface area contributed by atoms with Crippen molar-refractivity contribution in [3.05, 3.63) is 47.9 Å². The van der Waals surface area contributed by atoms with E-state index in [-0.39, 0.29) is 6.61 Å². The molecule has 18 heavy (non-hydrogen) atoms. The van der Waals surface area contributed by atoms with Gasteiger partial charge in [0.05, 0.1) is 0 Å². The number of aromatic nitrogens is 2. The van der Waals surface area contributed by atoms with E-state index in [1.807, 2.05) is 0 Å². The summed E-state index contributed by atoms with van der Waals surface area (Å²) in [6.45, 7) is -0.104. The molecule has 0 unspecified atom stereocenters. The third-order valence-corrected chi connectivity index (χ3v) is 2.23. The van der Waals surface area contributed by atoms with Gasteiger partial charge in [0, 0.05) is 13.2 Å². The molecule has 1 aromatic carbocycles. The molecule has 0 spiro atoms. The van der Waals surface area contributed by atoms with Crippen LogP contribution in [0.3, 0.4) is 0 Å². The van der Waals surface area contributed by atoms with Gasteiger partial charge in [0.1, 0.15) is 12.4 Å². The van der Waals surface area contributed by atoms with Crippen LogP contribution < -0.4 is 10.1 Å². The maximum atomic E-state index is 13.3. The summed E-state index contributed by atoms with van der Waals surface area (Å²) in [7, 11) is 1.71. The summed E-state index contributed by atoms with van der Waals surface area (Å²) >= 11 is 0. The van der Waals surface area contributed by atoms with Crippen LogP contribution in [-0.2, 0) is 6.61 Å². The molecule has 0 saturated carbocycles. The Balaban J connectivity index is 2.11. The van der Waals surface area contributed by atoms with Crippen molar-refractivity contribution in [2.45, 2.75) is 6.61 Å². The minimum atomic E-state index is -0.750. The summed E-state index contributed by atoms with van der Waals surface area (Å²) in [6, 6.07) is 5.20. The van der Waals surface area contributed by atoms with Crippen molar-refractivity contribution in [3.8, 4) is 5.75 Å². The van der Waals surface area contributed by atoms with Crippen molar-refractivity contribution in [2.75, 3.05) is 12.4 Å². The highest BCUT2D eigenvalue weighted by atomic mass is 19.1. The van der Waals surface area contributed by atoms with Crippen LogP contribution in [0.25, 0.3) is 0 Å². The highest BCUT2D eigenvalue weighted by molar-refractivity contribution is 5.31. The van der Waals surface area contributed by atoms with E-state index in [0.717, 1.165) is 12.1 Å². The normalized spacial score (nSPS) is 10.2. The Morgan fingerprint density at radius 3 is 2.61 bits per heavy atom. The molecule has 0 atom stereocenters. The summed E-state index contributed by atoms with van der Waals surface area (Å²) in [5.41, 5.74) is 0. The average Bonchev–Trinajstić information content (AvgIpc) is 2.38. The number of para-hydroxylation sites is 1. The highest BCUT2D eigenvalue weighted by Crippen LogP contribution is 2.21. The number of nitrogens with zero attached hydrogens (tertiary/aromatic N) is 2. The van der Waals surface area contributed by atoms with Gasteiger partial charge in [-0.1, -0.05) is 6.07 Å². The summed E-state index contributed by atoms with van der Waals surface area (Å²) < 4.78 is 31.6. The molecule has 0 radical (unpaired) electrons. The number of rotatable bonds is 4. The maximum absolute atomic E-state index is 13.3. The molecule has 0 aliphatic carbocycles. The second kappa shape index (κ2) is 5.39. The van der Waals surface area contributed by atoms with E-state index in [0.29, 0.717) is 11.6 Å². The largest absolute Gasteiger partial charge is 0.479 e. The molecule has 0 amide bonds. The van der Waals surface area contributed by atoms with Gasteiger partial charge in [0.2, 0.25) is 0 Å². The van der Waals surface area contributed by atoms with Crippen molar-refractivity contribution in [2.24, 2.45) is 0 Å². The quantitative estimate of drug-likeness (QED) is 0.906. The maximum Gasteiger partial charge on any atom is 0.191 e. The third-order valence-electron chi connectivity index (χ3n) is 2.23. The van der Waals surface area contributed by atoms with Crippen LogP contribution in [0.1, 0.15) is 5.82 Å². The number of hydrogen-bond donors (Lipinski definition) is 1. The predicted octanol–water partition coefficient (Wildman–Crippen LogP) is 2.38. The van der Waals surface area contributed by atoms with Crippen molar-refractivity contribution >= 4 is 5.82 Å². The molecule has 2 rings (SSSR count). The summed E-state index contributed by atoms with van der Waals surface area (Å²) in [5.74, 6) is -0.974. The van der Waals surface area contributed by atoms with Crippen LogP contribution in [0.15, 0.2) is 30.5 Å². The Kier molecular flexibility index (Phi) is 3.66. The number of benzene rings is 1. The van der Waals surface area contributed by atoms with E-state index in [4.69, 9.17) is 4.74 Å². The lowest BCUT2D eigenvalue weighted by atomic mass is 10.3. The molecule has 2 aromatic rings. The van der Waals surface area contributed by atoms with Gasteiger partial charge in [-0.2, -0.15) is 0 Å². The molecule has 0 aliphatic rings. The molecule has 94 valence electrons. The Morgan fingerprint density at radius 1 is 1.22 bits per heavy atom. The molecule has 0 saturated heterocycles. The van der Waals surface area contributed by atoms with Gasteiger partial charge in [-0.25, -0.2) is 18.7 Å². The van der Waals surface area contributed by atoms with E-state index in [2.05, 4.69) is 15.3 Å². The topological polar surface area (TPSA) is 47.0 Å². The van der Waals surface area contributed by atoms with Gasteiger partial charge in [-0.05, 0) is 18.2 Å². The van der Waals surface area contributed by atoms with E-state index in [9.17, 15) is 8.78 Å². The zero-order valence-corrected chi connectivity index (χ0v) is 9.65. The van der Waals surface area contributed by atoms with E-state index in [1.165, 1.54) is 12.3 Å². The van der Waals surface area contributed by atoms with Gasteiger partial charge in [-0.3, -0.25) is 0 Å². The molecular formula is C12H11F2N3O. The minimum absolute atomic E-state index is 0.104. The number of hydrogen-bond acceptors (Lipinski definition) is 4. The molecule has 1 heterocycles. The van der Waals surface area contributed by atoms with Crippen LogP contribution in [0, 0.1) is 11.6 Å². The molecule has 0 aliphatic heterocycles. The zero-order valence-electron chi connectivity index (χ0n) is 9.65. The van der Waals surface area contributed by atoms with Crippen molar-refractivity contribution in [3.63, 3.8) is 0 Å².